The molecule has 0 radical (unpaired) electrons. The summed E-state index contributed by atoms with van der Waals surface area (Å²) in [4.78, 5) is 55.3. The summed E-state index contributed by atoms with van der Waals surface area (Å²) in [6.45, 7) is -4.87. The van der Waals surface area contributed by atoms with Crippen molar-refractivity contribution in [2.45, 2.75) is 101 Å². The molecule has 88 heavy (non-hydrogen) atoms. The smallest absolute Gasteiger partial charge is 0.726 e. The number of rotatable bonds is 28. The minimum absolute atomic E-state index is 0. The molecule has 4 aromatic carbocycles. The largest absolute Gasteiger partial charge is 1.00 e. The van der Waals surface area contributed by atoms with Crippen molar-refractivity contribution in [3.8, 4) is 46.0 Å². The SMILES string of the molecule is O=Cc1c2c3cc4c1OCOc1c(cc5c(c1C=O)OCOc1c(cc6c(c1C=O)OCOc1c(cc(c(c1C=O)OCO2)C3CCCCOS(=O)(=O)[O-])C6CCCCOS(=O)(=O)[O-])C5CCCCOS(=O)(=O)[O-])C4CCCCOS(=O)(=O)[O-].[Na+].[Na+].[Na+].[Na+]. The van der Waals surface area contributed by atoms with Crippen LogP contribution in [-0.2, 0) is 58.3 Å². The van der Waals surface area contributed by atoms with Crippen molar-refractivity contribution in [3.63, 3.8) is 0 Å². The van der Waals surface area contributed by atoms with Gasteiger partial charge >= 0.3 is 118 Å². The Morgan fingerprint density at radius 1 is 0.318 bits per heavy atom. The van der Waals surface area contributed by atoms with Crippen LogP contribution < -0.4 is 156 Å². The topological polar surface area (TPSA) is 408 Å². The molecule has 0 atom stereocenters. The van der Waals surface area contributed by atoms with E-state index in [9.17, 15) is 71.1 Å². The van der Waals surface area contributed by atoms with Crippen LogP contribution in [0.25, 0.3) is 0 Å². The second-order valence-electron chi connectivity index (χ2n) is 19.7. The minimum atomic E-state index is -5.13. The molecule has 4 heterocycles. The van der Waals surface area contributed by atoms with Crippen LogP contribution in [0, 0.1) is 0 Å². The monoisotopic (exact) mass is 1340 g/mol. The fourth-order valence-corrected chi connectivity index (χ4v) is 12.9. The van der Waals surface area contributed by atoms with Crippen LogP contribution in [0.15, 0.2) is 24.3 Å². The third-order valence-electron chi connectivity index (χ3n) is 14.9. The normalized spacial score (nSPS) is 17.6. The van der Waals surface area contributed by atoms with Gasteiger partial charge in [0, 0.05) is 68.2 Å². The van der Waals surface area contributed by atoms with Crippen molar-refractivity contribution in [2.75, 3.05) is 53.6 Å². The van der Waals surface area contributed by atoms with E-state index in [1.54, 1.807) is 24.3 Å². The predicted octanol–water partition coefficient (Wildman–Crippen LogP) is -6.70. The number of ether oxygens (including phenoxy) is 8. The maximum absolute atomic E-state index is 13.8. The maximum atomic E-state index is 13.8. The Balaban J connectivity index is 0.00000353. The van der Waals surface area contributed by atoms with E-state index in [1.807, 2.05) is 0 Å². The molecule has 9 rings (SSSR count). The molecule has 0 fully saturated rings. The molecule has 28 nitrogen and oxygen atoms in total. The fraction of sp³-hybridized carbons (Fsp3) is 0.462. The molecular formula is C52H52Na4O28S4. The molecule has 0 spiro atoms. The molecule has 8 bridgehead atoms. The number of hydrogen-bond acceptors (Lipinski definition) is 28. The number of carbonyl (C=O) groups is 4. The number of hydrogen-bond donors (Lipinski definition) is 0. The molecular weight excluding hydrogens is 1290 g/mol. The summed E-state index contributed by atoms with van der Waals surface area (Å²) in [6, 6.07) is 6.67. The van der Waals surface area contributed by atoms with Crippen LogP contribution >= 0.6 is 0 Å². The van der Waals surface area contributed by atoms with Gasteiger partial charge in [-0.25, -0.2) is 33.7 Å². The molecule has 5 aliphatic rings. The van der Waals surface area contributed by atoms with E-state index in [-0.39, 0.29) is 308 Å². The Morgan fingerprint density at radius 2 is 0.477 bits per heavy atom. The van der Waals surface area contributed by atoms with Gasteiger partial charge < -0.3 is 56.1 Å². The molecule has 4 aromatic rings. The average molecular weight is 1350 g/mol. The first-order valence-electron chi connectivity index (χ1n) is 26.1. The van der Waals surface area contributed by atoms with Crippen LogP contribution in [0.3, 0.4) is 0 Å². The number of carbonyl (C=O) groups excluding carboxylic acids is 4. The predicted molar refractivity (Wildman–Crippen MR) is 277 cm³/mol. The quantitative estimate of drug-likeness (QED) is 0.0168. The van der Waals surface area contributed by atoms with Crippen molar-refractivity contribution in [3.05, 3.63) is 91.0 Å². The summed E-state index contributed by atoms with van der Waals surface area (Å²) in [5, 5.41) is 0. The maximum Gasteiger partial charge on any atom is 1.00 e. The van der Waals surface area contributed by atoms with E-state index in [4.69, 9.17) is 37.9 Å². The Morgan fingerprint density at radius 3 is 0.614 bits per heavy atom. The van der Waals surface area contributed by atoms with Crippen LogP contribution in [0.1, 0.15) is 187 Å². The second kappa shape index (κ2) is 33.0. The van der Waals surface area contributed by atoms with Gasteiger partial charge in [-0.15, -0.1) is 0 Å². The Labute approximate surface area is 595 Å². The van der Waals surface area contributed by atoms with E-state index < -0.39 is 119 Å². The first kappa shape index (κ1) is 76.2. The van der Waals surface area contributed by atoms with Gasteiger partial charge in [0.25, 0.3) is 0 Å². The van der Waals surface area contributed by atoms with E-state index in [2.05, 4.69) is 16.7 Å². The zero-order valence-electron chi connectivity index (χ0n) is 48.1. The molecule has 0 unspecified atom stereocenters. The third-order valence-corrected chi connectivity index (χ3v) is 16.7. The van der Waals surface area contributed by atoms with Gasteiger partial charge in [0.2, 0.25) is 68.8 Å². The Kier molecular flexibility index (Phi) is 28.6. The number of unbranched alkanes of at least 4 members (excludes halogenated alkanes) is 4. The van der Waals surface area contributed by atoms with Crippen molar-refractivity contribution in [2.24, 2.45) is 0 Å². The molecule has 4 aliphatic heterocycles. The second-order valence-corrected chi connectivity index (χ2v) is 23.9. The van der Waals surface area contributed by atoms with Crippen LogP contribution in [0.2, 0.25) is 0 Å². The Hall–Kier alpha value is -2.56. The summed E-state index contributed by atoms with van der Waals surface area (Å²) in [7, 11) is -20.5. The number of aldehydes is 4. The molecule has 0 N–H and O–H groups in total. The molecule has 1 aliphatic carbocycles. The molecule has 0 amide bonds. The summed E-state index contributed by atoms with van der Waals surface area (Å²) < 4.78 is 207. The van der Waals surface area contributed by atoms with E-state index in [0.717, 1.165) is 0 Å². The van der Waals surface area contributed by atoms with Gasteiger partial charge in [0.05, 0.1) is 48.7 Å². The third kappa shape index (κ3) is 18.0. The number of benzene rings is 4. The standard InChI is InChI=1S/C52H56O28S4.4Na/c53-21-41-45-33-17-35-30(10-2-6-14-78-82(60,61)62)37-19-39-32(12-4-8-16-80-84(66,67)68)40-20-38-31(11-3-7-15-79-83(63,64)65)36-18-34(29(33)9-1-5-13-77-81(57,58)59)46(70-25-69-45)42(22-54)48(36)72-27-74-50(38)44(24-56)52(40)76-28-75-51(39)43(23-55)49(37)73-26-71-47(35)41;;;;/h17-24,29-32H,1-16,25-28H2,(H,57,58,59)(H,60,61,62)(H,63,64,65)(H,66,67,68);;;;/q;4*+1/p-4. The van der Waals surface area contributed by atoms with Crippen LogP contribution in [-0.4, -0.2) is 131 Å². The van der Waals surface area contributed by atoms with Crippen LogP contribution in [0.4, 0.5) is 0 Å². The van der Waals surface area contributed by atoms with Gasteiger partial charge in [-0.2, -0.15) is 0 Å². The van der Waals surface area contributed by atoms with Crippen LogP contribution in [0.5, 0.6) is 46.0 Å². The molecule has 0 saturated carbocycles. The Bertz CT molecular complexity index is 3100. The first-order chi connectivity index (χ1) is 40.0. The van der Waals surface area contributed by atoms with Crippen molar-refractivity contribution >= 4 is 66.7 Å². The van der Waals surface area contributed by atoms with Gasteiger partial charge in [0.15, 0.2) is 25.1 Å². The van der Waals surface area contributed by atoms with Gasteiger partial charge in [-0.05, 0) is 75.6 Å². The summed E-state index contributed by atoms with van der Waals surface area (Å²) in [5.74, 6) is -4.88. The van der Waals surface area contributed by atoms with Crippen molar-refractivity contribution < 1.29 is 244 Å². The molecule has 0 saturated heterocycles. The van der Waals surface area contributed by atoms with Gasteiger partial charge in [-0.1, -0.05) is 25.7 Å². The average Bonchev–Trinajstić information content (AvgIpc) is 0.869. The molecule has 456 valence electrons. The zero-order chi connectivity index (χ0) is 60.1. The van der Waals surface area contributed by atoms with Crippen molar-refractivity contribution in [1.29, 1.82) is 0 Å². The van der Waals surface area contributed by atoms with E-state index in [1.165, 1.54) is 0 Å². The van der Waals surface area contributed by atoms with Gasteiger partial charge in [0.1, 0.15) is 46.0 Å². The minimum Gasteiger partial charge on any atom is -0.726 e. The summed E-state index contributed by atoms with van der Waals surface area (Å²) >= 11 is 0. The first-order valence-corrected chi connectivity index (χ1v) is 31.4. The van der Waals surface area contributed by atoms with E-state index in [0.29, 0.717) is 25.1 Å². The zero-order valence-corrected chi connectivity index (χ0v) is 59.4. The molecule has 0 aromatic heterocycles. The van der Waals surface area contributed by atoms with Gasteiger partial charge in [-0.3, -0.25) is 35.9 Å². The summed E-state index contributed by atoms with van der Waals surface area (Å²) in [6.07, 6.45) is 1.91. The van der Waals surface area contributed by atoms with Crippen molar-refractivity contribution in [1.82, 2.24) is 0 Å². The fourth-order valence-electron chi connectivity index (χ4n) is 11.6. The molecule has 36 heteroatoms. The summed E-state index contributed by atoms with van der Waals surface area (Å²) in [5.41, 5.74) is 1.26. The van der Waals surface area contributed by atoms with E-state index >= 15 is 0 Å².